The molecule has 0 saturated carbocycles. The van der Waals surface area contributed by atoms with Crippen molar-refractivity contribution in [1.82, 2.24) is 5.32 Å². The Labute approximate surface area is 141 Å². The average molecular weight is 337 g/mol. The number of amides is 1. The van der Waals surface area contributed by atoms with E-state index in [4.69, 9.17) is 4.74 Å². The molecule has 0 heterocycles. The number of carbonyl (C=O) groups excluding carboxylic acids is 3. The van der Waals surface area contributed by atoms with Crippen LogP contribution in [0.3, 0.4) is 0 Å². The first-order valence-electron chi connectivity index (χ1n) is 7.65. The van der Waals surface area contributed by atoms with E-state index in [1.165, 1.54) is 18.7 Å². The van der Waals surface area contributed by atoms with E-state index in [0.717, 1.165) is 12.8 Å². The summed E-state index contributed by atoms with van der Waals surface area (Å²) >= 11 is 1.28. The van der Waals surface area contributed by atoms with E-state index in [9.17, 15) is 14.4 Å². The fourth-order valence-electron chi connectivity index (χ4n) is 1.91. The molecule has 0 aliphatic rings. The summed E-state index contributed by atoms with van der Waals surface area (Å²) in [5.74, 6) is -0.542. The number of nitrogens with one attached hydrogen (secondary N) is 1. The quantitative estimate of drug-likeness (QED) is 0.554. The molecule has 1 rings (SSSR count). The summed E-state index contributed by atoms with van der Waals surface area (Å²) in [5, 5.41) is 2.81. The smallest absolute Gasteiger partial charge is 0.339 e. The highest BCUT2D eigenvalue weighted by atomic mass is 32.2. The number of Topliss-reactive ketones (excluding diaryl/α,β-unsaturated/α-hetero) is 1. The third-order valence-corrected chi connectivity index (χ3v) is 4.44. The molecule has 0 aliphatic carbocycles. The number of esters is 1. The van der Waals surface area contributed by atoms with Crippen LogP contribution in [0.4, 0.5) is 0 Å². The number of ether oxygens (including phenoxy) is 1. The van der Waals surface area contributed by atoms with Gasteiger partial charge in [0.2, 0.25) is 0 Å². The Morgan fingerprint density at radius 1 is 1.17 bits per heavy atom. The lowest BCUT2D eigenvalue weighted by molar-refractivity contribution is -0.125. The highest BCUT2D eigenvalue weighted by molar-refractivity contribution is 8.00. The van der Waals surface area contributed by atoms with E-state index in [1.807, 2.05) is 13.8 Å². The third-order valence-electron chi connectivity index (χ3n) is 3.22. The number of hydrogen-bond acceptors (Lipinski definition) is 5. The SMILES string of the molecule is CCC(CC)NC(=O)COC(=O)c1ccccc1SCC(C)=O. The summed E-state index contributed by atoms with van der Waals surface area (Å²) in [7, 11) is 0. The van der Waals surface area contributed by atoms with Gasteiger partial charge in [0.25, 0.3) is 5.91 Å². The maximum Gasteiger partial charge on any atom is 0.339 e. The van der Waals surface area contributed by atoms with Crippen LogP contribution < -0.4 is 5.32 Å². The molecule has 23 heavy (non-hydrogen) atoms. The van der Waals surface area contributed by atoms with Gasteiger partial charge in [0.05, 0.1) is 11.3 Å². The van der Waals surface area contributed by atoms with Crippen molar-refractivity contribution in [1.29, 1.82) is 0 Å². The minimum absolute atomic E-state index is 0.0303. The maximum absolute atomic E-state index is 12.1. The van der Waals surface area contributed by atoms with Gasteiger partial charge in [0.15, 0.2) is 6.61 Å². The van der Waals surface area contributed by atoms with Gasteiger partial charge in [-0.15, -0.1) is 11.8 Å². The Morgan fingerprint density at radius 3 is 2.43 bits per heavy atom. The van der Waals surface area contributed by atoms with Crippen molar-refractivity contribution in [3.63, 3.8) is 0 Å². The standard InChI is InChI=1S/C17H23NO4S/c1-4-13(5-2)18-16(20)10-22-17(21)14-8-6-7-9-15(14)23-11-12(3)19/h6-9,13H,4-5,10-11H2,1-3H3,(H,18,20). The Balaban J connectivity index is 2.61. The predicted octanol–water partition coefficient (Wildman–Crippen LogP) is 2.83. The topological polar surface area (TPSA) is 72.5 Å². The van der Waals surface area contributed by atoms with Crippen LogP contribution in [0.5, 0.6) is 0 Å². The molecular formula is C17H23NO4S. The molecule has 1 N–H and O–H groups in total. The van der Waals surface area contributed by atoms with Gasteiger partial charge in [0.1, 0.15) is 5.78 Å². The Kier molecular flexibility index (Phi) is 8.40. The Bertz CT molecular complexity index is 555. The number of hydrogen-bond donors (Lipinski definition) is 1. The molecule has 0 bridgehead atoms. The summed E-state index contributed by atoms with van der Waals surface area (Å²) in [6.45, 7) is 5.17. The molecular weight excluding hydrogens is 314 g/mol. The molecule has 1 amide bonds. The molecule has 0 spiro atoms. The largest absolute Gasteiger partial charge is 0.452 e. The van der Waals surface area contributed by atoms with Crippen molar-refractivity contribution in [3.05, 3.63) is 29.8 Å². The number of rotatable bonds is 9. The molecule has 1 aromatic rings. The zero-order valence-electron chi connectivity index (χ0n) is 13.8. The second-order valence-corrected chi connectivity index (χ2v) is 6.16. The van der Waals surface area contributed by atoms with Crippen LogP contribution >= 0.6 is 11.8 Å². The molecule has 0 fully saturated rings. The molecule has 0 unspecified atom stereocenters. The molecule has 0 aliphatic heterocycles. The summed E-state index contributed by atoms with van der Waals surface area (Å²) in [4.78, 5) is 35.7. The fraction of sp³-hybridized carbons (Fsp3) is 0.471. The van der Waals surface area contributed by atoms with Crippen molar-refractivity contribution in [2.24, 2.45) is 0 Å². The van der Waals surface area contributed by atoms with E-state index in [1.54, 1.807) is 24.3 Å². The Morgan fingerprint density at radius 2 is 1.83 bits per heavy atom. The minimum atomic E-state index is -0.559. The second kappa shape index (κ2) is 10.0. The zero-order chi connectivity index (χ0) is 17.2. The number of ketones is 1. The fourth-order valence-corrected chi connectivity index (χ4v) is 2.75. The lowest BCUT2D eigenvalue weighted by Crippen LogP contribution is -2.36. The van der Waals surface area contributed by atoms with Crippen molar-refractivity contribution in [3.8, 4) is 0 Å². The molecule has 126 valence electrons. The lowest BCUT2D eigenvalue weighted by Gasteiger charge is -2.15. The van der Waals surface area contributed by atoms with Gasteiger partial charge in [-0.3, -0.25) is 9.59 Å². The molecule has 0 atom stereocenters. The van der Waals surface area contributed by atoms with Crippen molar-refractivity contribution in [2.45, 2.75) is 44.6 Å². The van der Waals surface area contributed by atoms with Gasteiger partial charge in [-0.1, -0.05) is 26.0 Å². The van der Waals surface area contributed by atoms with Crippen molar-refractivity contribution < 1.29 is 19.1 Å². The molecule has 0 saturated heterocycles. The summed E-state index contributed by atoms with van der Waals surface area (Å²) < 4.78 is 5.08. The van der Waals surface area contributed by atoms with Crippen LogP contribution in [0.1, 0.15) is 44.0 Å². The van der Waals surface area contributed by atoms with Gasteiger partial charge in [-0.25, -0.2) is 4.79 Å². The van der Waals surface area contributed by atoms with E-state index in [-0.39, 0.29) is 24.3 Å². The molecule has 5 nitrogen and oxygen atoms in total. The van der Waals surface area contributed by atoms with E-state index >= 15 is 0 Å². The van der Waals surface area contributed by atoms with Gasteiger partial charge in [-0.2, -0.15) is 0 Å². The molecule has 0 aromatic heterocycles. The van der Waals surface area contributed by atoms with Gasteiger partial charge in [0, 0.05) is 10.9 Å². The van der Waals surface area contributed by atoms with Crippen LogP contribution in [0.15, 0.2) is 29.2 Å². The first-order valence-corrected chi connectivity index (χ1v) is 8.64. The molecule has 1 aromatic carbocycles. The van der Waals surface area contributed by atoms with E-state index < -0.39 is 5.97 Å². The Hall–Kier alpha value is -1.82. The summed E-state index contributed by atoms with van der Waals surface area (Å²) in [5.41, 5.74) is 0.370. The maximum atomic E-state index is 12.1. The van der Waals surface area contributed by atoms with E-state index in [2.05, 4.69) is 5.32 Å². The average Bonchev–Trinajstić information content (AvgIpc) is 2.55. The van der Waals surface area contributed by atoms with Crippen molar-refractivity contribution >= 4 is 29.4 Å². The van der Waals surface area contributed by atoms with E-state index in [0.29, 0.717) is 16.2 Å². The first kappa shape index (κ1) is 19.2. The number of thioether (sulfide) groups is 1. The highest BCUT2D eigenvalue weighted by Crippen LogP contribution is 2.23. The lowest BCUT2D eigenvalue weighted by atomic mass is 10.2. The number of benzene rings is 1. The first-order chi connectivity index (χ1) is 11.0. The van der Waals surface area contributed by atoms with Crippen LogP contribution in [0, 0.1) is 0 Å². The number of carbonyl (C=O) groups is 3. The van der Waals surface area contributed by atoms with Crippen LogP contribution in [-0.2, 0) is 14.3 Å². The highest BCUT2D eigenvalue weighted by Gasteiger charge is 2.16. The van der Waals surface area contributed by atoms with Gasteiger partial charge >= 0.3 is 5.97 Å². The zero-order valence-corrected chi connectivity index (χ0v) is 14.6. The second-order valence-electron chi connectivity index (χ2n) is 5.14. The summed E-state index contributed by atoms with van der Waals surface area (Å²) in [6, 6.07) is 7.00. The van der Waals surface area contributed by atoms with Crippen LogP contribution in [-0.4, -0.2) is 36.1 Å². The van der Waals surface area contributed by atoms with Crippen LogP contribution in [0.2, 0.25) is 0 Å². The van der Waals surface area contributed by atoms with Gasteiger partial charge in [-0.05, 0) is 31.9 Å². The monoisotopic (exact) mass is 337 g/mol. The van der Waals surface area contributed by atoms with Gasteiger partial charge < -0.3 is 10.1 Å². The predicted molar refractivity (Wildman–Crippen MR) is 90.6 cm³/mol. The van der Waals surface area contributed by atoms with Crippen molar-refractivity contribution in [2.75, 3.05) is 12.4 Å². The third kappa shape index (κ3) is 6.86. The summed E-state index contributed by atoms with van der Waals surface area (Å²) in [6.07, 6.45) is 1.67. The molecule has 0 radical (unpaired) electrons. The van der Waals surface area contributed by atoms with Crippen LogP contribution in [0.25, 0.3) is 0 Å². The molecule has 6 heteroatoms. The minimum Gasteiger partial charge on any atom is -0.452 e. The normalized spacial score (nSPS) is 10.4.